The van der Waals surface area contributed by atoms with Crippen LogP contribution in [0.3, 0.4) is 0 Å². The van der Waals surface area contributed by atoms with Gasteiger partial charge in [-0.25, -0.2) is 4.89 Å². The molecule has 0 aliphatic heterocycles. The van der Waals surface area contributed by atoms with E-state index in [-0.39, 0.29) is 12.2 Å². The molecule has 0 aromatic heterocycles. The summed E-state index contributed by atoms with van der Waals surface area (Å²) < 4.78 is 9.71. The summed E-state index contributed by atoms with van der Waals surface area (Å²) in [4.78, 5) is 14.2. The number of hydrogen-bond acceptors (Lipinski definition) is 6. The van der Waals surface area contributed by atoms with E-state index in [9.17, 15) is 4.89 Å². The Labute approximate surface area is 120 Å². The molecule has 1 unspecified atom stereocenters. The van der Waals surface area contributed by atoms with Gasteiger partial charge in [-0.3, -0.25) is 0 Å². The second kappa shape index (κ2) is 12.8. The topological polar surface area (TPSA) is 60.0 Å². The minimum Gasteiger partial charge on any atom is -0.334 e. The van der Waals surface area contributed by atoms with Gasteiger partial charge in [0.05, 0.1) is 23.9 Å². The van der Waals surface area contributed by atoms with Crippen LogP contribution in [0.4, 0.5) is 0 Å². The predicted molar refractivity (Wildman–Crippen MR) is 81.8 cm³/mol. The van der Waals surface area contributed by atoms with Gasteiger partial charge in [-0.1, -0.05) is 13.8 Å². The zero-order valence-electron chi connectivity index (χ0n) is 12.0. The molecule has 0 bridgehead atoms. The SMILES string of the molecule is CC(C)OOP(O)(=S)SOC(C)C.CCNCC. The van der Waals surface area contributed by atoms with Gasteiger partial charge in [0, 0.05) is 0 Å². The summed E-state index contributed by atoms with van der Waals surface area (Å²) in [5, 5.41) is 3.11. The number of hydrogen-bond donors (Lipinski definition) is 2. The van der Waals surface area contributed by atoms with Gasteiger partial charge in [-0.2, -0.15) is 4.67 Å². The maximum atomic E-state index is 9.43. The van der Waals surface area contributed by atoms with Crippen molar-refractivity contribution in [2.75, 3.05) is 13.1 Å². The zero-order chi connectivity index (χ0) is 14.6. The first-order valence-corrected chi connectivity index (χ1v) is 10.0. The van der Waals surface area contributed by atoms with E-state index >= 15 is 0 Å². The van der Waals surface area contributed by atoms with E-state index in [0.29, 0.717) is 0 Å². The lowest BCUT2D eigenvalue weighted by atomic mass is 10.5. The van der Waals surface area contributed by atoms with Crippen LogP contribution in [0.25, 0.3) is 0 Å². The van der Waals surface area contributed by atoms with Gasteiger partial charge in [0.2, 0.25) is 0 Å². The second-order valence-corrected chi connectivity index (χ2v) is 9.40. The van der Waals surface area contributed by atoms with Gasteiger partial charge < -0.3 is 14.4 Å². The molecule has 0 saturated heterocycles. The van der Waals surface area contributed by atoms with E-state index in [0.717, 1.165) is 24.8 Å². The highest BCUT2D eigenvalue weighted by Crippen LogP contribution is 2.57. The van der Waals surface area contributed by atoms with Crippen molar-refractivity contribution in [2.24, 2.45) is 0 Å². The van der Waals surface area contributed by atoms with E-state index < -0.39 is 5.69 Å². The fourth-order valence-corrected chi connectivity index (χ4v) is 2.57. The molecule has 0 amide bonds. The molecule has 8 heteroatoms. The van der Waals surface area contributed by atoms with E-state index in [4.69, 9.17) is 20.9 Å². The van der Waals surface area contributed by atoms with E-state index in [1.165, 1.54) is 0 Å². The third kappa shape index (κ3) is 19.1. The van der Waals surface area contributed by atoms with Gasteiger partial charge in [-0.15, -0.1) is 0 Å². The van der Waals surface area contributed by atoms with Crippen molar-refractivity contribution in [3.8, 4) is 0 Å². The molecule has 0 radical (unpaired) electrons. The van der Waals surface area contributed by atoms with Crippen LogP contribution in [0.15, 0.2) is 0 Å². The Morgan fingerprint density at radius 1 is 1.17 bits per heavy atom. The molecule has 0 rings (SSSR count). The quantitative estimate of drug-likeness (QED) is 0.308. The van der Waals surface area contributed by atoms with Crippen molar-refractivity contribution >= 4 is 29.2 Å². The highest BCUT2D eigenvalue weighted by molar-refractivity contribution is 8.65. The maximum absolute atomic E-state index is 9.43. The molecule has 1 atom stereocenters. The van der Waals surface area contributed by atoms with Gasteiger partial charge in [0.25, 0.3) is 0 Å². The Hall–Kier alpha value is 0.800. The van der Waals surface area contributed by atoms with Crippen molar-refractivity contribution in [3.05, 3.63) is 0 Å². The molecule has 0 aromatic rings. The third-order valence-electron chi connectivity index (χ3n) is 1.16. The maximum Gasteiger partial charge on any atom is 0.302 e. The lowest BCUT2D eigenvalue weighted by Gasteiger charge is -2.15. The first-order valence-electron chi connectivity index (χ1n) is 5.98. The second-order valence-electron chi connectivity index (χ2n) is 3.86. The van der Waals surface area contributed by atoms with Crippen LogP contribution in [0.2, 0.25) is 0 Å². The molecule has 0 saturated carbocycles. The highest BCUT2D eigenvalue weighted by Gasteiger charge is 2.19. The lowest BCUT2D eigenvalue weighted by molar-refractivity contribution is -0.232. The fraction of sp³-hybridized carbons (Fsp3) is 1.00. The summed E-state index contributed by atoms with van der Waals surface area (Å²) in [6.45, 7) is 13.6. The molecule has 112 valence electrons. The molecular formula is C10H26NO4PS2. The van der Waals surface area contributed by atoms with E-state index in [1.54, 1.807) is 13.8 Å². The van der Waals surface area contributed by atoms with Gasteiger partial charge in [0.15, 0.2) is 0 Å². The molecule has 0 fully saturated rings. The molecule has 0 aromatic carbocycles. The smallest absolute Gasteiger partial charge is 0.302 e. The Balaban J connectivity index is 0. The monoisotopic (exact) mass is 319 g/mol. The van der Waals surface area contributed by atoms with Crippen LogP contribution < -0.4 is 5.32 Å². The first-order chi connectivity index (χ1) is 8.25. The summed E-state index contributed by atoms with van der Waals surface area (Å²) in [6, 6.07) is 0. The molecule has 18 heavy (non-hydrogen) atoms. The Kier molecular flexibility index (Phi) is 15.0. The Morgan fingerprint density at radius 3 is 1.94 bits per heavy atom. The molecule has 0 heterocycles. The predicted octanol–water partition coefficient (Wildman–Crippen LogP) is 3.25. The van der Waals surface area contributed by atoms with Crippen molar-refractivity contribution < 1.29 is 18.6 Å². The summed E-state index contributed by atoms with van der Waals surface area (Å²) >= 11 is 5.50. The van der Waals surface area contributed by atoms with Crippen molar-refractivity contribution in [3.63, 3.8) is 0 Å². The summed E-state index contributed by atoms with van der Waals surface area (Å²) in [5.41, 5.74) is -2.99. The lowest BCUT2D eigenvalue weighted by Crippen LogP contribution is -2.09. The van der Waals surface area contributed by atoms with E-state index in [2.05, 4.69) is 23.8 Å². The normalized spacial score (nSPS) is 14.3. The molecular weight excluding hydrogens is 293 g/mol. The molecule has 0 aliphatic rings. The van der Waals surface area contributed by atoms with Crippen molar-refractivity contribution in [1.82, 2.24) is 5.32 Å². The summed E-state index contributed by atoms with van der Waals surface area (Å²) in [5.74, 6) is 0. The van der Waals surface area contributed by atoms with Gasteiger partial charge >= 0.3 is 5.69 Å². The minimum absolute atomic E-state index is 0.0119. The Bertz CT molecular complexity index is 212. The molecule has 0 spiro atoms. The fourth-order valence-electron chi connectivity index (χ4n) is 0.543. The average molecular weight is 319 g/mol. The van der Waals surface area contributed by atoms with Gasteiger partial charge in [-0.05, 0) is 52.6 Å². The average Bonchev–Trinajstić information content (AvgIpc) is 2.26. The number of nitrogens with one attached hydrogen (secondary N) is 1. The Morgan fingerprint density at radius 2 is 1.67 bits per heavy atom. The van der Waals surface area contributed by atoms with Crippen LogP contribution >= 0.6 is 17.4 Å². The zero-order valence-corrected chi connectivity index (χ0v) is 14.5. The van der Waals surface area contributed by atoms with Crippen LogP contribution in [0.5, 0.6) is 0 Å². The van der Waals surface area contributed by atoms with Crippen molar-refractivity contribution in [2.45, 2.75) is 53.8 Å². The van der Waals surface area contributed by atoms with Crippen LogP contribution in [0, 0.1) is 0 Å². The van der Waals surface area contributed by atoms with Crippen LogP contribution in [0.1, 0.15) is 41.5 Å². The third-order valence-corrected chi connectivity index (χ3v) is 3.83. The van der Waals surface area contributed by atoms with Crippen molar-refractivity contribution in [1.29, 1.82) is 0 Å². The standard InChI is InChI=1S/C6H15O4PS2.C4H11N/c1-5(2)8-10-11(7,12)13-9-6(3)4;1-3-5-4-2/h5-6H,1-4H3,(H,7,12);5H,3-4H2,1-2H3. The van der Waals surface area contributed by atoms with Gasteiger partial charge in [0.1, 0.15) is 0 Å². The summed E-state index contributed by atoms with van der Waals surface area (Å²) in [7, 11) is 0. The number of rotatable bonds is 8. The van der Waals surface area contributed by atoms with Crippen LogP contribution in [-0.4, -0.2) is 30.2 Å². The van der Waals surface area contributed by atoms with E-state index in [1.807, 2.05) is 13.8 Å². The molecule has 0 aliphatic carbocycles. The largest absolute Gasteiger partial charge is 0.334 e. The highest BCUT2D eigenvalue weighted by atomic mass is 32.9. The summed E-state index contributed by atoms with van der Waals surface area (Å²) in [6.07, 6.45) is -0.142. The first kappa shape index (κ1) is 21.1. The molecule has 5 nitrogen and oxygen atoms in total. The molecule has 2 N–H and O–H groups in total. The van der Waals surface area contributed by atoms with Crippen LogP contribution in [-0.2, 0) is 25.6 Å². The minimum atomic E-state index is -2.99.